The number of hydrogen-bond acceptors (Lipinski definition) is 4. The lowest BCUT2D eigenvalue weighted by atomic mass is 9.77. The lowest BCUT2D eigenvalue weighted by Gasteiger charge is -2.28. The smallest absolute Gasteiger partial charge is 0.322 e. The van der Waals surface area contributed by atoms with Crippen molar-refractivity contribution in [1.82, 2.24) is 0 Å². The Morgan fingerprint density at radius 3 is 2.00 bits per heavy atom. The highest BCUT2D eigenvalue weighted by Gasteiger charge is 2.42. The van der Waals surface area contributed by atoms with Crippen molar-refractivity contribution in [3.63, 3.8) is 0 Å². The molecule has 34 heavy (non-hydrogen) atoms. The molecule has 9 heteroatoms. The molecule has 4 rings (SSSR count). The van der Waals surface area contributed by atoms with Crippen molar-refractivity contribution in [2.75, 3.05) is 0 Å². The van der Waals surface area contributed by atoms with E-state index in [9.17, 15) is 36.3 Å². The van der Waals surface area contributed by atoms with Crippen LogP contribution >= 0.6 is 0 Å². The van der Waals surface area contributed by atoms with Crippen LogP contribution in [0.4, 0.5) is 22.0 Å². The number of halogens is 5. The zero-order valence-electron chi connectivity index (χ0n) is 17.5. The molecule has 174 valence electrons. The van der Waals surface area contributed by atoms with Crippen molar-refractivity contribution in [1.29, 1.82) is 0 Å². The standard InChI is InChI=1S/C25H15F5O4/c1-11(31)10-15(18-24(32)14-4-2-3-5-16(14)34-25(18)33)12-6-8-13(9-7-12)17-19(26)21(28)23(30)22(29)20(17)27/h2-9,15,18H,10H2,1H3. The Balaban J connectivity index is 1.76. The summed E-state index contributed by atoms with van der Waals surface area (Å²) in [7, 11) is 0. The predicted molar refractivity (Wildman–Crippen MR) is 110 cm³/mol. The van der Waals surface area contributed by atoms with E-state index in [0.717, 1.165) is 12.1 Å². The number of carbonyl (C=O) groups excluding carboxylic acids is 3. The van der Waals surface area contributed by atoms with Crippen LogP contribution in [0.1, 0.15) is 35.2 Å². The van der Waals surface area contributed by atoms with Crippen LogP contribution < -0.4 is 4.74 Å². The number of benzene rings is 3. The molecule has 0 fully saturated rings. The zero-order chi connectivity index (χ0) is 24.7. The summed E-state index contributed by atoms with van der Waals surface area (Å²) < 4.78 is 74.2. The highest BCUT2D eigenvalue weighted by atomic mass is 19.2. The molecule has 1 aliphatic rings. The summed E-state index contributed by atoms with van der Waals surface area (Å²) in [6, 6.07) is 10.8. The van der Waals surface area contributed by atoms with Gasteiger partial charge in [0.05, 0.1) is 11.1 Å². The summed E-state index contributed by atoms with van der Waals surface area (Å²) in [4.78, 5) is 37.7. The van der Waals surface area contributed by atoms with E-state index in [1.807, 2.05) is 0 Å². The van der Waals surface area contributed by atoms with Gasteiger partial charge in [-0.05, 0) is 30.2 Å². The second kappa shape index (κ2) is 8.81. The van der Waals surface area contributed by atoms with E-state index in [1.165, 1.54) is 31.2 Å². The van der Waals surface area contributed by atoms with Crippen LogP contribution in [-0.4, -0.2) is 17.5 Å². The number of carbonyl (C=O) groups is 3. The van der Waals surface area contributed by atoms with E-state index in [0.29, 0.717) is 0 Å². The summed E-state index contributed by atoms with van der Waals surface area (Å²) in [6.07, 6.45) is -0.227. The van der Waals surface area contributed by atoms with E-state index >= 15 is 0 Å². The first-order valence-electron chi connectivity index (χ1n) is 10.1. The minimum Gasteiger partial charge on any atom is -0.425 e. The quantitative estimate of drug-likeness (QED) is 0.122. The minimum atomic E-state index is -2.27. The highest BCUT2D eigenvalue weighted by molar-refractivity contribution is 6.14. The third-order valence-electron chi connectivity index (χ3n) is 5.65. The number of rotatable bonds is 5. The van der Waals surface area contributed by atoms with Gasteiger partial charge >= 0.3 is 5.97 Å². The Labute approximate surface area is 190 Å². The van der Waals surface area contributed by atoms with Crippen molar-refractivity contribution in [3.8, 4) is 16.9 Å². The van der Waals surface area contributed by atoms with Crippen molar-refractivity contribution < 1.29 is 41.1 Å². The monoisotopic (exact) mass is 474 g/mol. The third-order valence-corrected chi connectivity index (χ3v) is 5.65. The zero-order valence-corrected chi connectivity index (χ0v) is 17.5. The number of para-hydroxylation sites is 1. The molecule has 2 unspecified atom stereocenters. The summed E-state index contributed by atoms with van der Waals surface area (Å²) in [5.41, 5.74) is -0.995. The molecular formula is C25H15F5O4. The molecular weight excluding hydrogens is 459 g/mol. The lowest BCUT2D eigenvalue weighted by Crippen LogP contribution is -2.38. The molecule has 1 aliphatic heterocycles. The highest BCUT2D eigenvalue weighted by Crippen LogP contribution is 2.39. The van der Waals surface area contributed by atoms with Gasteiger partial charge in [-0.15, -0.1) is 0 Å². The first kappa shape index (κ1) is 23.3. The first-order chi connectivity index (χ1) is 16.1. The molecule has 4 nitrogen and oxygen atoms in total. The van der Waals surface area contributed by atoms with E-state index in [4.69, 9.17) is 4.74 Å². The van der Waals surface area contributed by atoms with E-state index in [2.05, 4.69) is 0 Å². The predicted octanol–water partition coefficient (Wildman–Crippen LogP) is 5.53. The van der Waals surface area contributed by atoms with E-state index < -0.39 is 58.2 Å². The van der Waals surface area contributed by atoms with E-state index in [-0.39, 0.29) is 34.6 Å². The maximum Gasteiger partial charge on any atom is 0.322 e. The second-order valence-corrected chi connectivity index (χ2v) is 7.84. The van der Waals surface area contributed by atoms with Gasteiger partial charge < -0.3 is 9.53 Å². The van der Waals surface area contributed by atoms with Gasteiger partial charge in [-0.3, -0.25) is 9.59 Å². The van der Waals surface area contributed by atoms with Gasteiger partial charge in [-0.25, -0.2) is 22.0 Å². The van der Waals surface area contributed by atoms with Crippen LogP contribution in [0, 0.1) is 35.0 Å². The number of fused-ring (bicyclic) bond motifs is 1. The molecule has 0 aromatic heterocycles. The average Bonchev–Trinajstić information content (AvgIpc) is 2.81. The van der Waals surface area contributed by atoms with Crippen LogP contribution in [0.2, 0.25) is 0 Å². The van der Waals surface area contributed by atoms with Crippen LogP contribution in [0.25, 0.3) is 11.1 Å². The first-order valence-corrected chi connectivity index (χ1v) is 10.1. The fourth-order valence-electron chi connectivity index (χ4n) is 4.05. The van der Waals surface area contributed by atoms with Crippen LogP contribution in [-0.2, 0) is 9.59 Å². The van der Waals surface area contributed by atoms with Crippen molar-refractivity contribution >= 4 is 17.5 Å². The molecule has 3 aromatic rings. The van der Waals surface area contributed by atoms with Gasteiger partial charge in [0.25, 0.3) is 0 Å². The van der Waals surface area contributed by atoms with Gasteiger partial charge in [0.2, 0.25) is 5.82 Å². The largest absolute Gasteiger partial charge is 0.425 e. The number of Topliss-reactive ketones (excluding diaryl/α,β-unsaturated/α-hetero) is 2. The maximum atomic E-state index is 14.2. The van der Waals surface area contributed by atoms with Crippen molar-refractivity contribution in [2.24, 2.45) is 5.92 Å². The Kier molecular flexibility index (Phi) is 6.03. The summed E-state index contributed by atoms with van der Waals surface area (Å²) in [5, 5.41) is 0. The van der Waals surface area contributed by atoms with Crippen LogP contribution in [0.15, 0.2) is 48.5 Å². The Bertz CT molecular complexity index is 1300. The van der Waals surface area contributed by atoms with Crippen molar-refractivity contribution in [3.05, 3.63) is 88.7 Å². The molecule has 1 heterocycles. The Hall–Kier alpha value is -3.88. The molecule has 0 saturated carbocycles. The summed E-state index contributed by atoms with van der Waals surface area (Å²) in [6.45, 7) is 1.27. The van der Waals surface area contributed by atoms with Gasteiger partial charge in [-0.2, -0.15) is 0 Å². The number of ether oxygens (including phenoxy) is 1. The van der Waals surface area contributed by atoms with Gasteiger partial charge in [0, 0.05) is 12.3 Å². The fraction of sp³-hybridized carbons (Fsp3) is 0.160. The number of hydrogen-bond donors (Lipinski definition) is 0. The molecule has 0 radical (unpaired) electrons. The van der Waals surface area contributed by atoms with Crippen LogP contribution in [0.5, 0.6) is 5.75 Å². The molecule has 3 aromatic carbocycles. The van der Waals surface area contributed by atoms with E-state index in [1.54, 1.807) is 12.1 Å². The lowest BCUT2D eigenvalue weighted by molar-refractivity contribution is -0.138. The van der Waals surface area contributed by atoms with Gasteiger partial charge in [-0.1, -0.05) is 36.4 Å². The van der Waals surface area contributed by atoms with Gasteiger partial charge in [0.15, 0.2) is 29.1 Å². The van der Waals surface area contributed by atoms with Crippen LogP contribution in [0.3, 0.4) is 0 Å². The number of ketones is 2. The van der Waals surface area contributed by atoms with Crippen molar-refractivity contribution in [2.45, 2.75) is 19.3 Å². The third kappa shape index (κ3) is 3.87. The molecule has 0 saturated heterocycles. The molecule has 2 atom stereocenters. The van der Waals surface area contributed by atoms with Gasteiger partial charge in [0.1, 0.15) is 17.5 Å². The topological polar surface area (TPSA) is 60.4 Å². The molecule has 0 spiro atoms. The number of esters is 1. The Morgan fingerprint density at radius 1 is 0.853 bits per heavy atom. The fourth-order valence-corrected chi connectivity index (χ4v) is 4.05. The normalized spacial score (nSPS) is 16.1. The second-order valence-electron chi connectivity index (χ2n) is 7.84. The molecule has 0 bridgehead atoms. The average molecular weight is 474 g/mol. The summed E-state index contributed by atoms with van der Waals surface area (Å²) >= 11 is 0. The Morgan fingerprint density at radius 2 is 1.41 bits per heavy atom. The SMILES string of the molecule is CC(=O)CC(c1ccc(-c2c(F)c(F)c(F)c(F)c2F)cc1)C1C(=O)Oc2ccccc2C1=O. The maximum absolute atomic E-state index is 14.2. The minimum absolute atomic E-state index is 0.0944. The molecule has 0 aliphatic carbocycles. The molecule has 0 N–H and O–H groups in total. The summed E-state index contributed by atoms with van der Waals surface area (Å²) in [5.74, 6) is -14.4. The molecule has 0 amide bonds.